The minimum atomic E-state index is 0.397. The van der Waals surface area contributed by atoms with Gasteiger partial charge in [-0.3, -0.25) is 0 Å². The number of nitrogens with zero attached hydrogens (tertiary/aromatic N) is 1. The molecular formula is C15H13ClN2O. The molecule has 0 saturated carbocycles. The van der Waals surface area contributed by atoms with Crippen LogP contribution in [0, 0.1) is 11.3 Å². The SMILES string of the molecule is COc1ccc(C#N)cc1-c1ccc(CN)c(Cl)c1. The highest BCUT2D eigenvalue weighted by Gasteiger charge is 2.09. The number of hydrogen-bond acceptors (Lipinski definition) is 3. The molecule has 0 aliphatic rings. The fourth-order valence-electron chi connectivity index (χ4n) is 1.88. The predicted octanol–water partition coefficient (Wildman–Crippen LogP) is 3.35. The fourth-order valence-corrected chi connectivity index (χ4v) is 2.14. The van der Waals surface area contributed by atoms with Gasteiger partial charge < -0.3 is 10.5 Å². The van der Waals surface area contributed by atoms with E-state index >= 15 is 0 Å². The van der Waals surface area contributed by atoms with E-state index in [4.69, 9.17) is 27.3 Å². The van der Waals surface area contributed by atoms with E-state index in [-0.39, 0.29) is 0 Å². The Balaban J connectivity index is 2.57. The molecule has 0 saturated heterocycles. The lowest BCUT2D eigenvalue weighted by molar-refractivity contribution is 0.416. The van der Waals surface area contributed by atoms with Gasteiger partial charge in [0.2, 0.25) is 0 Å². The number of nitrogens with two attached hydrogens (primary N) is 1. The smallest absolute Gasteiger partial charge is 0.126 e. The zero-order valence-electron chi connectivity index (χ0n) is 10.5. The second-order valence-corrected chi connectivity index (χ2v) is 4.44. The van der Waals surface area contributed by atoms with Crippen molar-refractivity contribution in [2.75, 3.05) is 7.11 Å². The summed E-state index contributed by atoms with van der Waals surface area (Å²) in [7, 11) is 1.60. The summed E-state index contributed by atoms with van der Waals surface area (Å²) in [5.41, 5.74) is 8.80. The van der Waals surface area contributed by atoms with Gasteiger partial charge in [0.15, 0.2) is 0 Å². The van der Waals surface area contributed by atoms with E-state index in [9.17, 15) is 0 Å². The van der Waals surface area contributed by atoms with E-state index in [1.54, 1.807) is 25.3 Å². The van der Waals surface area contributed by atoms with Crippen LogP contribution in [-0.4, -0.2) is 7.11 Å². The monoisotopic (exact) mass is 272 g/mol. The number of benzene rings is 2. The van der Waals surface area contributed by atoms with Crippen molar-refractivity contribution in [2.45, 2.75) is 6.54 Å². The van der Waals surface area contributed by atoms with Gasteiger partial charge in [-0.15, -0.1) is 0 Å². The molecule has 0 bridgehead atoms. The van der Waals surface area contributed by atoms with Gasteiger partial charge in [-0.25, -0.2) is 0 Å². The standard InChI is InChI=1S/C15H13ClN2O/c1-19-15-5-2-10(8-17)6-13(15)11-3-4-12(9-18)14(16)7-11/h2-7H,9,18H2,1H3. The van der Waals surface area contributed by atoms with E-state index in [2.05, 4.69) is 6.07 Å². The van der Waals surface area contributed by atoms with Gasteiger partial charge in [-0.2, -0.15) is 5.26 Å². The molecule has 0 aliphatic carbocycles. The van der Waals surface area contributed by atoms with Crippen LogP contribution in [0.4, 0.5) is 0 Å². The molecule has 0 heterocycles. The van der Waals surface area contributed by atoms with Crippen molar-refractivity contribution in [1.82, 2.24) is 0 Å². The molecule has 2 aromatic carbocycles. The summed E-state index contributed by atoms with van der Waals surface area (Å²) in [5.74, 6) is 0.704. The third-order valence-electron chi connectivity index (χ3n) is 2.91. The van der Waals surface area contributed by atoms with Gasteiger partial charge >= 0.3 is 0 Å². The molecule has 0 fully saturated rings. The Bertz CT molecular complexity index is 647. The molecule has 0 amide bonds. The average Bonchev–Trinajstić information content (AvgIpc) is 2.46. The number of methoxy groups -OCH3 is 1. The molecule has 0 unspecified atom stereocenters. The highest BCUT2D eigenvalue weighted by Crippen LogP contribution is 2.33. The molecule has 0 aliphatic heterocycles. The number of nitriles is 1. The summed E-state index contributed by atoms with van der Waals surface area (Å²) in [6, 6.07) is 13.0. The van der Waals surface area contributed by atoms with E-state index in [1.165, 1.54) is 0 Å². The van der Waals surface area contributed by atoms with Crippen molar-refractivity contribution < 1.29 is 4.74 Å². The quantitative estimate of drug-likeness (QED) is 0.932. The zero-order valence-corrected chi connectivity index (χ0v) is 11.2. The van der Waals surface area contributed by atoms with Crippen molar-refractivity contribution in [3.8, 4) is 22.9 Å². The number of ether oxygens (including phenoxy) is 1. The minimum Gasteiger partial charge on any atom is -0.496 e. The van der Waals surface area contributed by atoms with Crippen LogP contribution in [0.1, 0.15) is 11.1 Å². The largest absolute Gasteiger partial charge is 0.496 e. The molecule has 96 valence electrons. The van der Waals surface area contributed by atoms with Crippen molar-refractivity contribution in [1.29, 1.82) is 5.26 Å². The highest BCUT2D eigenvalue weighted by molar-refractivity contribution is 6.31. The Labute approximate surface area is 117 Å². The lowest BCUT2D eigenvalue weighted by atomic mass is 10.0. The van der Waals surface area contributed by atoms with Crippen molar-refractivity contribution in [3.63, 3.8) is 0 Å². The van der Waals surface area contributed by atoms with Crippen LogP contribution in [0.3, 0.4) is 0 Å². The number of rotatable bonds is 3. The number of hydrogen-bond donors (Lipinski definition) is 1. The van der Waals surface area contributed by atoms with E-state index in [0.717, 1.165) is 16.7 Å². The molecule has 4 heteroatoms. The zero-order chi connectivity index (χ0) is 13.8. The average molecular weight is 273 g/mol. The Kier molecular flexibility index (Phi) is 4.06. The van der Waals surface area contributed by atoms with Gasteiger partial charge in [0.05, 0.1) is 18.7 Å². The van der Waals surface area contributed by atoms with E-state index < -0.39 is 0 Å². The highest BCUT2D eigenvalue weighted by atomic mass is 35.5. The lowest BCUT2D eigenvalue weighted by Gasteiger charge is -2.10. The first-order chi connectivity index (χ1) is 9.19. The maximum absolute atomic E-state index is 8.98. The molecule has 2 rings (SSSR count). The third-order valence-corrected chi connectivity index (χ3v) is 3.26. The molecule has 0 atom stereocenters. The van der Waals surface area contributed by atoms with Gasteiger partial charge in [0.25, 0.3) is 0 Å². The predicted molar refractivity (Wildman–Crippen MR) is 76.0 cm³/mol. The molecule has 0 spiro atoms. The van der Waals surface area contributed by atoms with E-state index in [0.29, 0.717) is 22.9 Å². The first-order valence-corrected chi connectivity index (χ1v) is 6.14. The van der Waals surface area contributed by atoms with Crippen LogP contribution in [-0.2, 0) is 6.54 Å². The first kappa shape index (κ1) is 13.4. The molecule has 19 heavy (non-hydrogen) atoms. The van der Waals surface area contributed by atoms with Gasteiger partial charge in [-0.05, 0) is 35.4 Å². The molecule has 0 aromatic heterocycles. The van der Waals surface area contributed by atoms with Gasteiger partial charge in [0, 0.05) is 17.1 Å². The Morgan fingerprint density at radius 1 is 1.26 bits per heavy atom. The van der Waals surface area contributed by atoms with Crippen molar-refractivity contribution in [3.05, 3.63) is 52.5 Å². The number of halogens is 1. The van der Waals surface area contributed by atoms with Crippen LogP contribution in [0.15, 0.2) is 36.4 Å². The summed E-state index contributed by atoms with van der Waals surface area (Å²) < 4.78 is 5.32. The van der Waals surface area contributed by atoms with Crippen LogP contribution in [0.2, 0.25) is 5.02 Å². The summed E-state index contributed by atoms with van der Waals surface area (Å²) in [6.07, 6.45) is 0. The second kappa shape index (κ2) is 5.75. The lowest BCUT2D eigenvalue weighted by Crippen LogP contribution is -1.97. The van der Waals surface area contributed by atoms with Crippen LogP contribution < -0.4 is 10.5 Å². The Hall–Kier alpha value is -2.02. The fraction of sp³-hybridized carbons (Fsp3) is 0.133. The van der Waals surface area contributed by atoms with Crippen molar-refractivity contribution >= 4 is 11.6 Å². The molecule has 3 nitrogen and oxygen atoms in total. The van der Waals surface area contributed by atoms with Gasteiger partial charge in [0.1, 0.15) is 5.75 Å². The topological polar surface area (TPSA) is 59.0 Å². The Morgan fingerprint density at radius 2 is 2.05 bits per heavy atom. The molecule has 0 radical (unpaired) electrons. The maximum atomic E-state index is 8.98. The first-order valence-electron chi connectivity index (χ1n) is 5.76. The van der Waals surface area contributed by atoms with Crippen molar-refractivity contribution in [2.24, 2.45) is 5.73 Å². The minimum absolute atomic E-state index is 0.397. The maximum Gasteiger partial charge on any atom is 0.126 e. The van der Waals surface area contributed by atoms with Gasteiger partial charge in [-0.1, -0.05) is 23.7 Å². The van der Waals surface area contributed by atoms with Crippen LogP contribution >= 0.6 is 11.6 Å². The summed E-state index contributed by atoms with van der Waals surface area (Å²) >= 11 is 6.16. The van der Waals surface area contributed by atoms with E-state index in [1.807, 2.05) is 18.2 Å². The molecular weight excluding hydrogens is 260 g/mol. The Morgan fingerprint density at radius 3 is 2.63 bits per heavy atom. The third kappa shape index (κ3) is 2.70. The summed E-state index contributed by atoms with van der Waals surface area (Å²) in [5, 5.41) is 9.59. The molecule has 2 N–H and O–H groups in total. The summed E-state index contributed by atoms with van der Waals surface area (Å²) in [6.45, 7) is 0.397. The van der Waals surface area contributed by atoms with Crippen LogP contribution in [0.25, 0.3) is 11.1 Å². The second-order valence-electron chi connectivity index (χ2n) is 4.04. The molecule has 2 aromatic rings. The van der Waals surface area contributed by atoms with Crippen LogP contribution in [0.5, 0.6) is 5.75 Å². The summed E-state index contributed by atoms with van der Waals surface area (Å²) in [4.78, 5) is 0. The normalized spacial score (nSPS) is 10.0.